The van der Waals surface area contributed by atoms with E-state index >= 15 is 0 Å². The van der Waals surface area contributed by atoms with Gasteiger partial charge in [0.25, 0.3) is 5.91 Å². The predicted molar refractivity (Wildman–Crippen MR) is 99.2 cm³/mol. The zero-order valence-corrected chi connectivity index (χ0v) is 14.7. The second-order valence-electron chi connectivity index (χ2n) is 6.27. The Morgan fingerprint density at radius 1 is 1.35 bits per heavy atom. The molecule has 3 rings (SSSR count). The maximum absolute atomic E-state index is 13.7. The van der Waals surface area contributed by atoms with Gasteiger partial charge in [-0.1, -0.05) is 19.1 Å². The topological polar surface area (TPSA) is 96.2 Å². The number of carbonyl (C=O) groups is 1. The van der Waals surface area contributed by atoms with Gasteiger partial charge >= 0.3 is 0 Å². The van der Waals surface area contributed by atoms with E-state index in [1.54, 1.807) is 6.07 Å². The smallest absolute Gasteiger partial charge is 0.272 e. The van der Waals surface area contributed by atoms with Crippen LogP contribution in [0.5, 0.6) is 0 Å². The van der Waals surface area contributed by atoms with E-state index in [-0.39, 0.29) is 5.56 Å². The summed E-state index contributed by atoms with van der Waals surface area (Å²) in [6.07, 6.45) is 5.81. The van der Waals surface area contributed by atoms with Crippen LogP contribution in [0.15, 0.2) is 30.6 Å². The minimum absolute atomic E-state index is 0.0603. The zero-order chi connectivity index (χ0) is 18.5. The van der Waals surface area contributed by atoms with Gasteiger partial charge < -0.3 is 10.6 Å². The van der Waals surface area contributed by atoms with Gasteiger partial charge in [0.15, 0.2) is 11.6 Å². The number of benzene rings is 1. The number of hydrogen-bond donors (Lipinski definition) is 3. The lowest BCUT2D eigenvalue weighted by atomic mass is 10.00. The summed E-state index contributed by atoms with van der Waals surface area (Å²) >= 11 is 0. The van der Waals surface area contributed by atoms with E-state index in [4.69, 9.17) is 5.73 Å². The standard InChI is InChI=1S/C18H23FN6O/c1-2-12-7-5-6-10-25(12)17-15(20)16(21-11-22-17)23-24-18(26)13-8-3-4-9-14(13)19/h3-4,8-9,11-12H,2,5-7,10,20H2,1H3,(H,24,26)(H,21,22,23). The first-order valence-electron chi connectivity index (χ1n) is 8.79. The third-order valence-electron chi connectivity index (χ3n) is 4.65. The molecule has 1 unspecified atom stereocenters. The molecule has 1 saturated heterocycles. The van der Waals surface area contributed by atoms with Crippen LogP contribution in [-0.4, -0.2) is 28.5 Å². The third kappa shape index (κ3) is 3.68. The van der Waals surface area contributed by atoms with E-state index in [1.165, 1.54) is 30.9 Å². The fourth-order valence-electron chi connectivity index (χ4n) is 3.25. The molecule has 8 heteroatoms. The Kier molecular flexibility index (Phi) is 5.50. The molecular weight excluding hydrogens is 335 g/mol. The van der Waals surface area contributed by atoms with Crippen LogP contribution in [0.3, 0.4) is 0 Å². The summed E-state index contributed by atoms with van der Waals surface area (Å²) in [5.74, 6) is -0.247. The Labute approximate surface area is 151 Å². The summed E-state index contributed by atoms with van der Waals surface area (Å²) in [5, 5.41) is 0. The quantitative estimate of drug-likeness (QED) is 0.711. The summed E-state index contributed by atoms with van der Waals surface area (Å²) in [6.45, 7) is 3.04. The van der Waals surface area contributed by atoms with E-state index in [0.29, 0.717) is 23.4 Å². The number of piperidine rings is 1. The zero-order valence-electron chi connectivity index (χ0n) is 14.7. The monoisotopic (exact) mass is 358 g/mol. The van der Waals surface area contributed by atoms with Crippen molar-refractivity contribution in [1.82, 2.24) is 15.4 Å². The minimum Gasteiger partial charge on any atom is -0.393 e. The molecule has 1 fully saturated rings. The van der Waals surface area contributed by atoms with Gasteiger partial charge in [0, 0.05) is 12.6 Å². The number of rotatable bonds is 5. The average molecular weight is 358 g/mol. The highest BCUT2D eigenvalue weighted by Crippen LogP contribution is 2.31. The predicted octanol–water partition coefficient (Wildman–Crippen LogP) is 2.72. The summed E-state index contributed by atoms with van der Waals surface area (Å²) in [6, 6.07) is 6.14. The lowest BCUT2D eigenvalue weighted by Gasteiger charge is -2.36. The Bertz CT molecular complexity index is 784. The van der Waals surface area contributed by atoms with Crippen molar-refractivity contribution < 1.29 is 9.18 Å². The van der Waals surface area contributed by atoms with Gasteiger partial charge in [-0.2, -0.15) is 0 Å². The number of nitrogens with two attached hydrogens (primary N) is 1. The lowest BCUT2D eigenvalue weighted by molar-refractivity contribution is 0.0958. The molecule has 1 aliphatic heterocycles. The van der Waals surface area contributed by atoms with Crippen molar-refractivity contribution in [2.75, 3.05) is 22.6 Å². The summed E-state index contributed by atoms with van der Waals surface area (Å²) in [7, 11) is 0. The number of halogens is 1. The molecule has 4 N–H and O–H groups in total. The summed E-state index contributed by atoms with van der Waals surface area (Å²) in [4.78, 5) is 22.8. The molecule has 0 saturated carbocycles. The van der Waals surface area contributed by atoms with Crippen LogP contribution in [0.4, 0.5) is 21.7 Å². The Morgan fingerprint density at radius 3 is 2.92 bits per heavy atom. The van der Waals surface area contributed by atoms with E-state index in [1.807, 2.05) is 0 Å². The van der Waals surface area contributed by atoms with E-state index in [0.717, 1.165) is 25.8 Å². The van der Waals surface area contributed by atoms with Crippen LogP contribution in [0.1, 0.15) is 43.0 Å². The number of anilines is 3. The maximum atomic E-state index is 13.7. The molecule has 1 aliphatic rings. The average Bonchev–Trinajstić information content (AvgIpc) is 2.67. The number of nitrogens with one attached hydrogen (secondary N) is 2. The van der Waals surface area contributed by atoms with Gasteiger partial charge in [0.2, 0.25) is 0 Å². The molecule has 7 nitrogen and oxygen atoms in total. The summed E-state index contributed by atoms with van der Waals surface area (Å²) in [5.41, 5.74) is 11.7. The number of aromatic nitrogens is 2. The first-order valence-corrected chi connectivity index (χ1v) is 8.79. The number of carbonyl (C=O) groups excluding carboxylic acids is 1. The normalized spacial score (nSPS) is 17.0. The lowest BCUT2D eigenvalue weighted by Crippen LogP contribution is -2.40. The first-order chi connectivity index (χ1) is 12.6. The van der Waals surface area contributed by atoms with Crippen molar-refractivity contribution in [1.29, 1.82) is 0 Å². The largest absolute Gasteiger partial charge is 0.393 e. The number of amides is 1. The summed E-state index contributed by atoms with van der Waals surface area (Å²) < 4.78 is 13.7. The fourth-order valence-corrected chi connectivity index (χ4v) is 3.25. The van der Waals surface area contributed by atoms with Crippen molar-refractivity contribution in [2.24, 2.45) is 0 Å². The number of hydrogen-bond acceptors (Lipinski definition) is 6. The van der Waals surface area contributed by atoms with Gasteiger partial charge in [-0.15, -0.1) is 0 Å². The SMILES string of the molecule is CCC1CCCCN1c1ncnc(NNC(=O)c2ccccc2F)c1N. The molecular formula is C18H23FN6O. The molecule has 0 aliphatic carbocycles. The van der Waals surface area contributed by atoms with Crippen molar-refractivity contribution in [3.63, 3.8) is 0 Å². The van der Waals surface area contributed by atoms with E-state index < -0.39 is 11.7 Å². The van der Waals surface area contributed by atoms with Gasteiger partial charge in [-0.25, -0.2) is 14.4 Å². The van der Waals surface area contributed by atoms with E-state index in [9.17, 15) is 9.18 Å². The highest BCUT2D eigenvalue weighted by Gasteiger charge is 2.25. The van der Waals surface area contributed by atoms with Crippen molar-refractivity contribution in [3.8, 4) is 0 Å². The van der Waals surface area contributed by atoms with Crippen molar-refractivity contribution in [3.05, 3.63) is 42.0 Å². The number of hydrazine groups is 1. The highest BCUT2D eigenvalue weighted by molar-refractivity contribution is 5.95. The molecule has 1 aromatic heterocycles. The second-order valence-corrected chi connectivity index (χ2v) is 6.27. The molecule has 1 aromatic carbocycles. The van der Waals surface area contributed by atoms with Crippen LogP contribution < -0.4 is 21.5 Å². The molecule has 0 bridgehead atoms. The van der Waals surface area contributed by atoms with Gasteiger partial charge in [0.05, 0.1) is 5.56 Å². The Balaban J connectivity index is 1.75. The maximum Gasteiger partial charge on any atom is 0.272 e. The molecule has 2 aromatic rings. The minimum atomic E-state index is -0.605. The van der Waals surface area contributed by atoms with Crippen LogP contribution in [0.25, 0.3) is 0 Å². The second kappa shape index (κ2) is 7.99. The third-order valence-corrected chi connectivity index (χ3v) is 4.65. The highest BCUT2D eigenvalue weighted by atomic mass is 19.1. The molecule has 1 amide bonds. The molecule has 0 spiro atoms. The first kappa shape index (κ1) is 17.9. The van der Waals surface area contributed by atoms with Gasteiger partial charge in [0.1, 0.15) is 17.8 Å². The molecule has 2 heterocycles. The van der Waals surface area contributed by atoms with Gasteiger partial charge in [-0.3, -0.25) is 15.6 Å². The van der Waals surface area contributed by atoms with Crippen LogP contribution in [0, 0.1) is 5.82 Å². The molecule has 1 atom stereocenters. The molecule has 138 valence electrons. The molecule has 0 radical (unpaired) electrons. The van der Waals surface area contributed by atoms with Crippen molar-refractivity contribution in [2.45, 2.75) is 38.6 Å². The van der Waals surface area contributed by atoms with E-state index in [2.05, 4.69) is 32.6 Å². The van der Waals surface area contributed by atoms with Crippen LogP contribution >= 0.6 is 0 Å². The van der Waals surface area contributed by atoms with Crippen molar-refractivity contribution >= 4 is 23.2 Å². The fraction of sp³-hybridized carbons (Fsp3) is 0.389. The van der Waals surface area contributed by atoms with Crippen LogP contribution in [0.2, 0.25) is 0 Å². The molecule has 26 heavy (non-hydrogen) atoms. The Morgan fingerprint density at radius 2 is 2.15 bits per heavy atom. The number of nitrogens with zero attached hydrogens (tertiary/aromatic N) is 3. The van der Waals surface area contributed by atoms with Crippen LogP contribution in [-0.2, 0) is 0 Å². The number of nitrogen functional groups attached to an aromatic ring is 1. The van der Waals surface area contributed by atoms with Gasteiger partial charge in [-0.05, 0) is 37.8 Å². The Hall–Kier alpha value is -2.90.